The molecule has 0 fully saturated rings. The van der Waals surface area contributed by atoms with Crippen LogP contribution in [0.2, 0.25) is 0 Å². The summed E-state index contributed by atoms with van der Waals surface area (Å²) in [5.74, 6) is -0.223. The normalized spacial score (nSPS) is 11.1. The highest BCUT2D eigenvalue weighted by atomic mass is 32.2. The molecule has 0 atom stereocenters. The van der Waals surface area contributed by atoms with Gasteiger partial charge < -0.3 is 5.32 Å². The van der Waals surface area contributed by atoms with E-state index in [-0.39, 0.29) is 17.3 Å². The van der Waals surface area contributed by atoms with Gasteiger partial charge in [0, 0.05) is 13.5 Å². The average Bonchev–Trinajstić information content (AvgIpc) is 2.13. The van der Waals surface area contributed by atoms with Crippen LogP contribution in [0.25, 0.3) is 0 Å². The minimum Gasteiger partial charge on any atom is -0.352 e. The predicted molar refractivity (Wildman–Crippen MR) is 55.3 cm³/mol. The summed E-state index contributed by atoms with van der Waals surface area (Å²) in [5, 5.41) is 7.54. The summed E-state index contributed by atoms with van der Waals surface area (Å²) in [5.41, 5.74) is 0.482. The Morgan fingerprint density at radius 2 is 2.00 bits per heavy atom. The van der Waals surface area contributed by atoms with Crippen LogP contribution in [0.1, 0.15) is 12.5 Å². The molecule has 0 spiro atoms. The molecule has 0 aliphatic rings. The molecule has 0 bridgehead atoms. The smallest absolute Gasteiger partial charge is 0.238 e. The Kier molecular flexibility index (Phi) is 3.43. The number of nitrogens with two attached hydrogens (primary N) is 1. The minimum atomic E-state index is -3.73. The van der Waals surface area contributed by atoms with Gasteiger partial charge in [0.25, 0.3) is 0 Å². The van der Waals surface area contributed by atoms with Gasteiger partial charge in [0.05, 0.1) is 4.90 Å². The van der Waals surface area contributed by atoms with Gasteiger partial charge in [-0.15, -0.1) is 0 Å². The maximum atomic E-state index is 11.2. The molecule has 0 saturated heterocycles. The van der Waals surface area contributed by atoms with Crippen molar-refractivity contribution in [3.05, 3.63) is 29.8 Å². The summed E-state index contributed by atoms with van der Waals surface area (Å²) in [6, 6.07) is 6.28. The van der Waals surface area contributed by atoms with Crippen molar-refractivity contribution in [3.8, 4) is 0 Å². The zero-order valence-corrected chi connectivity index (χ0v) is 9.04. The second kappa shape index (κ2) is 4.41. The van der Waals surface area contributed by atoms with Gasteiger partial charge in [0.2, 0.25) is 15.9 Å². The van der Waals surface area contributed by atoms with Crippen LogP contribution in [0.5, 0.6) is 0 Å². The van der Waals surface area contributed by atoms with E-state index in [0.29, 0.717) is 5.56 Å². The Labute approximate surface area is 88.3 Å². The van der Waals surface area contributed by atoms with E-state index in [2.05, 4.69) is 5.32 Å². The highest BCUT2D eigenvalue weighted by molar-refractivity contribution is 7.89. The van der Waals surface area contributed by atoms with Gasteiger partial charge in [-0.05, 0) is 11.6 Å². The Balaban J connectivity index is 3.02. The molecule has 15 heavy (non-hydrogen) atoms. The number of carbonyl (C=O) groups is 1. The largest absolute Gasteiger partial charge is 0.352 e. The lowest BCUT2D eigenvalue weighted by Crippen LogP contribution is -2.22. The molecule has 0 aliphatic heterocycles. The lowest BCUT2D eigenvalue weighted by molar-refractivity contribution is -0.119. The summed E-state index contributed by atoms with van der Waals surface area (Å²) in [6.45, 7) is 1.52. The third-order valence-corrected chi connectivity index (χ3v) is 2.82. The van der Waals surface area contributed by atoms with Crippen LogP contribution in [0.3, 0.4) is 0 Å². The number of hydrogen-bond acceptors (Lipinski definition) is 3. The monoisotopic (exact) mass is 228 g/mol. The Bertz CT molecular complexity index is 468. The molecule has 0 heterocycles. The average molecular weight is 228 g/mol. The fourth-order valence-corrected chi connectivity index (χ4v) is 1.92. The maximum Gasteiger partial charge on any atom is 0.238 e. The number of primary sulfonamides is 1. The third kappa shape index (κ3) is 3.34. The first-order valence-electron chi connectivity index (χ1n) is 4.26. The maximum absolute atomic E-state index is 11.2. The number of nitrogens with one attached hydrogen (secondary N) is 1. The van der Waals surface area contributed by atoms with Crippen LogP contribution >= 0.6 is 0 Å². The summed E-state index contributed by atoms with van der Waals surface area (Å²) in [7, 11) is -3.73. The van der Waals surface area contributed by atoms with Crippen molar-refractivity contribution >= 4 is 15.9 Å². The number of carbonyl (C=O) groups excluding carboxylic acids is 1. The van der Waals surface area contributed by atoms with Crippen molar-refractivity contribution in [2.75, 3.05) is 0 Å². The lowest BCUT2D eigenvalue weighted by Gasteiger charge is -2.07. The molecule has 1 rings (SSSR count). The van der Waals surface area contributed by atoms with Crippen molar-refractivity contribution in [3.63, 3.8) is 0 Å². The van der Waals surface area contributed by atoms with Crippen LogP contribution < -0.4 is 10.5 Å². The molecule has 0 aliphatic carbocycles. The summed E-state index contributed by atoms with van der Waals surface area (Å²) >= 11 is 0. The van der Waals surface area contributed by atoms with Gasteiger partial charge in [-0.3, -0.25) is 4.79 Å². The zero-order valence-electron chi connectivity index (χ0n) is 8.23. The predicted octanol–water partition coefficient (Wildman–Crippen LogP) is -0.0299. The lowest BCUT2D eigenvalue weighted by atomic mass is 10.2. The molecule has 0 unspecified atom stereocenters. The molecule has 1 aromatic rings. The molecule has 6 heteroatoms. The highest BCUT2D eigenvalue weighted by Gasteiger charge is 2.12. The standard InChI is InChI=1S/C9H12N2O3S/c1-7(12)11-6-8-4-2-3-5-9(8)15(10,13)14/h2-5H,6H2,1H3,(H,11,12)(H2,10,13,14). The first kappa shape index (κ1) is 11.7. The van der Waals surface area contributed by atoms with Crippen molar-refractivity contribution in [2.24, 2.45) is 5.14 Å². The van der Waals surface area contributed by atoms with E-state index in [1.807, 2.05) is 0 Å². The van der Waals surface area contributed by atoms with Crippen LogP contribution in [-0.4, -0.2) is 14.3 Å². The van der Waals surface area contributed by atoms with Gasteiger partial charge in [0.1, 0.15) is 0 Å². The van der Waals surface area contributed by atoms with E-state index >= 15 is 0 Å². The topological polar surface area (TPSA) is 89.3 Å². The first-order chi connectivity index (χ1) is 6.91. The fourth-order valence-electron chi connectivity index (χ4n) is 1.15. The highest BCUT2D eigenvalue weighted by Crippen LogP contribution is 2.12. The number of sulfonamides is 1. The Morgan fingerprint density at radius 1 is 1.40 bits per heavy atom. The van der Waals surface area contributed by atoms with Gasteiger partial charge in [0.15, 0.2) is 0 Å². The number of amides is 1. The van der Waals surface area contributed by atoms with E-state index in [1.165, 1.54) is 13.0 Å². The number of rotatable bonds is 3. The van der Waals surface area contributed by atoms with E-state index in [9.17, 15) is 13.2 Å². The van der Waals surface area contributed by atoms with Gasteiger partial charge in [-0.25, -0.2) is 13.6 Å². The molecule has 0 radical (unpaired) electrons. The van der Waals surface area contributed by atoms with Crippen LogP contribution in [0, 0.1) is 0 Å². The van der Waals surface area contributed by atoms with Gasteiger partial charge in [-0.1, -0.05) is 18.2 Å². The second-order valence-corrected chi connectivity index (χ2v) is 4.59. The quantitative estimate of drug-likeness (QED) is 0.761. The van der Waals surface area contributed by atoms with Crippen molar-refractivity contribution in [1.29, 1.82) is 0 Å². The first-order valence-corrected chi connectivity index (χ1v) is 5.81. The molecule has 0 aromatic heterocycles. The number of benzene rings is 1. The molecule has 82 valence electrons. The SMILES string of the molecule is CC(=O)NCc1ccccc1S(N)(=O)=O. The van der Waals surface area contributed by atoms with E-state index < -0.39 is 10.0 Å². The molecule has 1 amide bonds. The van der Waals surface area contributed by atoms with Gasteiger partial charge >= 0.3 is 0 Å². The summed E-state index contributed by atoms with van der Waals surface area (Å²) in [6.07, 6.45) is 0. The van der Waals surface area contributed by atoms with Crippen LogP contribution in [-0.2, 0) is 21.4 Å². The van der Waals surface area contributed by atoms with Crippen molar-refractivity contribution < 1.29 is 13.2 Å². The second-order valence-electron chi connectivity index (χ2n) is 3.06. The third-order valence-electron chi connectivity index (χ3n) is 1.81. The van der Waals surface area contributed by atoms with Crippen molar-refractivity contribution in [1.82, 2.24) is 5.32 Å². The fraction of sp³-hybridized carbons (Fsp3) is 0.222. The zero-order chi connectivity index (χ0) is 11.5. The van der Waals surface area contributed by atoms with E-state index in [1.54, 1.807) is 18.2 Å². The molecular formula is C9H12N2O3S. The van der Waals surface area contributed by atoms with Crippen LogP contribution in [0.4, 0.5) is 0 Å². The van der Waals surface area contributed by atoms with Crippen molar-refractivity contribution in [2.45, 2.75) is 18.4 Å². The summed E-state index contributed by atoms with van der Waals surface area (Å²) in [4.78, 5) is 10.7. The minimum absolute atomic E-state index is 0.0405. The number of hydrogen-bond donors (Lipinski definition) is 2. The van der Waals surface area contributed by atoms with E-state index in [0.717, 1.165) is 0 Å². The molecule has 0 saturated carbocycles. The summed E-state index contributed by atoms with van der Waals surface area (Å²) < 4.78 is 22.3. The molecule has 5 nitrogen and oxygen atoms in total. The van der Waals surface area contributed by atoms with Gasteiger partial charge in [-0.2, -0.15) is 0 Å². The Morgan fingerprint density at radius 3 is 2.53 bits per heavy atom. The van der Waals surface area contributed by atoms with E-state index in [4.69, 9.17) is 5.14 Å². The molecule has 3 N–H and O–H groups in total. The van der Waals surface area contributed by atoms with Crippen LogP contribution in [0.15, 0.2) is 29.2 Å². The Hall–Kier alpha value is -1.40. The molecular weight excluding hydrogens is 216 g/mol. The molecule has 1 aromatic carbocycles.